The molecule has 0 spiro atoms. The van der Waals surface area contributed by atoms with Gasteiger partial charge in [-0.2, -0.15) is 0 Å². The summed E-state index contributed by atoms with van der Waals surface area (Å²) in [5.74, 6) is 0.483. The van der Waals surface area contributed by atoms with E-state index in [1.54, 1.807) is 0 Å². The molecule has 1 heterocycles. The SMILES string of the molecule is CCN1CCCC1CNC(N)=NCc1ccc(Br)cc1Cl.I. The summed E-state index contributed by atoms with van der Waals surface area (Å²) in [6.07, 6.45) is 2.50. The normalized spacial score (nSPS) is 19.0. The van der Waals surface area contributed by atoms with Gasteiger partial charge >= 0.3 is 0 Å². The summed E-state index contributed by atoms with van der Waals surface area (Å²) < 4.78 is 0.965. The van der Waals surface area contributed by atoms with Crippen molar-refractivity contribution in [3.05, 3.63) is 33.3 Å². The van der Waals surface area contributed by atoms with Crippen molar-refractivity contribution in [3.8, 4) is 0 Å². The minimum absolute atomic E-state index is 0. The smallest absolute Gasteiger partial charge is 0.188 e. The van der Waals surface area contributed by atoms with Crippen LogP contribution in [-0.2, 0) is 6.54 Å². The average molecular weight is 502 g/mol. The van der Waals surface area contributed by atoms with Crippen molar-refractivity contribution in [2.45, 2.75) is 32.4 Å². The molecule has 3 N–H and O–H groups in total. The standard InChI is InChI=1S/C15H22BrClN4.HI/c1-2-21-7-3-4-13(21)10-20-15(18)19-9-11-5-6-12(16)8-14(11)17;/h5-6,8,13H,2-4,7,9-10H2,1H3,(H3,18,19,20);1H. The highest BCUT2D eigenvalue weighted by molar-refractivity contribution is 14.0. The largest absolute Gasteiger partial charge is 0.370 e. The summed E-state index contributed by atoms with van der Waals surface area (Å²) >= 11 is 9.55. The van der Waals surface area contributed by atoms with E-state index in [0.717, 1.165) is 23.1 Å². The molecule has 2 rings (SSSR count). The van der Waals surface area contributed by atoms with Gasteiger partial charge in [0.2, 0.25) is 0 Å². The van der Waals surface area contributed by atoms with E-state index in [0.29, 0.717) is 23.6 Å². The van der Waals surface area contributed by atoms with Crippen LogP contribution in [-0.4, -0.2) is 36.5 Å². The molecule has 4 nitrogen and oxygen atoms in total. The molecule has 0 aliphatic carbocycles. The summed E-state index contributed by atoms with van der Waals surface area (Å²) in [5, 5.41) is 3.93. The maximum absolute atomic E-state index is 6.16. The Labute approximate surface area is 163 Å². The molecule has 22 heavy (non-hydrogen) atoms. The van der Waals surface area contributed by atoms with Crippen LogP contribution in [0, 0.1) is 0 Å². The molecule has 1 aromatic carbocycles. The van der Waals surface area contributed by atoms with Crippen molar-refractivity contribution in [1.82, 2.24) is 10.2 Å². The van der Waals surface area contributed by atoms with Crippen LogP contribution >= 0.6 is 51.5 Å². The van der Waals surface area contributed by atoms with E-state index in [1.165, 1.54) is 19.4 Å². The molecule has 1 aliphatic heterocycles. The second kappa shape index (κ2) is 9.95. The Kier molecular flexibility index (Phi) is 9.04. The number of likely N-dealkylation sites (tertiary alicyclic amines) is 1. The summed E-state index contributed by atoms with van der Waals surface area (Å²) in [6.45, 7) is 5.84. The second-order valence-electron chi connectivity index (χ2n) is 5.24. The molecule has 0 radical (unpaired) electrons. The molecule has 7 heteroatoms. The maximum Gasteiger partial charge on any atom is 0.188 e. The third-order valence-electron chi connectivity index (χ3n) is 3.86. The van der Waals surface area contributed by atoms with Gasteiger partial charge in [0.25, 0.3) is 0 Å². The highest BCUT2D eigenvalue weighted by Gasteiger charge is 2.22. The summed E-state index contributed by atoms with van der Waals surface area (Å²) in [5.41, 5.74) is 6.91. The summed E-state index contributed by atoms with van der Waals surface area (Å²) in [6, 6.07) is 6.35. The predicted octanol–water partition coefficient (Wildman–Crippen LogP) is 3.61. The Hall–Kier alpha value is -0.0500. The van der Waals surface area contributed by atoms with Crippen molar-refractivity contribution in [2.24, 2.45) is 10.7 Å². The molecule has 1 saturated heterocycles. The first-order valence-electron chi connectivity index (χ1n) is 7.32. The molecule has 1 unspecified atom stereocenters. The molecule has 0 aromatic heterocycles. The lowest BCUT2D eigenvalue weighted by Gasteiger charge is -2.23. The van der Waals surface area contributed by atoms with E-state index >= 15 is 0 Å². The molecule has 1 atom stereocenters. The van der Waals surface area contributed by atoms with E-state index in [4.69, 9.17) is 17.3 Å². The van der Waals surface area contributed by atoms with Crippen molar-refractivity contribution in [2.75, 3.05) is 19.6 Å². The predicted molar refractivity (Wildman–Crippen MR) is 108 cm³/mol. The lowest BCUT2D eigenvalue weighted by Crippen LogP contribution is -2.42. The number of benzene rings is 1. The zero-order chi connectivity index (χ0) is 15.2. The van der Waals surface area contributed by atoms with Gasteiger partial charge in [-0.05, 0) is 43.6 Å². The lowest BCUT2D eigenvalue weighted by molar-refractivity contribution is 0.267. The highest BCUT2D eigenvalue weighted by atomic mass is 127. The van der Waals surface area contributed by atoms with Gasteiger partial charge in [-0.15, -0.1) is 24.0 Å². The van der Waals surface area contributed by atoms with Gasteiger partial charge in [-0.25, -0.2) is 4.99 Å². The van der Waals surface area contributed by atoms with Crippen LogP contribution in [0.25, 0.3) is 0 Å². The van der Waals surface area contributed by atoms with Gasteiger partial charge in [-0.3, -0.25) is 4.90 Å². The number of nitrogens with one attached hydrogen (secondary N) is 1. The third-order valence-corrected chi connectivity index (χ3v) is 4.70. The van der Waals surface area contributed by atoms with Gasteiger partial charge in [-0.1, -0.05) is 40.5 Å². The molecule has 0 bridgehead atoms. The molecule has 1 fully saturated rings. The number of halogens is 3. The molecule has 124 valence electrons. The number of hydrogen-bond donors (Lipinski definition) is 2. The first-order chi connectivity index (χ1) is 10.1. The van der Waals surface area contributed by atoms with Crippen molar-refractivity contribution in [3.63, 3.8) is 0 Å². The van der Waals surface area contributed by atoms with Crippen LogP contribution in [0.2, 0.25) is 5.02 Å². The van der Waals surface area contributed by atoms with Crippen LogP contribution < -0.4 is 11.1 Å². The zero-order valence-electron chi connectivity index (χ0n) is 12.7. The fraction of sp³-hybridized carbons (Fsp3) is 0.533. The first-order valence-corrected chi connectivity index (χ1v) is 8.49. The average Bonchev–Trinajstić information content (AvgIpc) is 2.91. The number of nitrogens with zero attached hydrogens (tertiary/aromatic N) is 2. The second-order valence-corrected chi connectivity index (χ2v) is 6.57. The summed E-state index contributed by atoms with van der Waals surface area (Å²) in [7, 11) is 0. The van der Waals surface area contributed by atoms with Crippen LogP contribution in [0.5, 0.6) is 0 Å². The minimum atomic E-state index is 0. The van der Waals surface area contributed by atoms with Crippen LogP contribution in [0.4, 0.5) is 0 Å². The maximum atomic E-state index is 6.16. The highest BCUT2D eigenvalue weighted by Crippen LogP contribution is 2.21. The first kappa shape index (κ1) is 20.0. The monoisotopic (exact) mass is 500 g/mol. The third kappa shape index (κ3) is 5.86. The van der Waals surface area contributed by atoms with Crippen molar-refractivity contribution >= 4 is 57.5 Å². The van der Waals surface area contributed by atoms with Crippen molar-refractivity contribution in [1.29, 1.82) is 0 Å². The number of rotatable bonds is 5. The number of guanidine groups is 1. The number of aliphatic imine (C=N–C) groups is 1. The van der Waals surface area contributed by atoms with Crippen LogP contribution in [0.1, 0.15) is 25.3 Å². The van der Waals surface area contributed by atoms with E-state index in [1.807, 2.05) is 18.2 Å². The fourth-order valence-electron chi connectivity index (χ4n) is 2.64. The topological polar surface area (TPSA) is 53.6 Å². The number of nitrogens with two attached hydrogens (primary N) is 1. The molecule has 0 amide bonds. The molecule has 1 aromatic rings. The Bertz CT molecular complexity index is 512. The van der Waals surface area contributed by atoms with Crippen LogP contribution in [0.15, 0.2) is 27.7 Å². The summed E-state index contributed by atoms with van der Waals surface area (Å²) in [4.78, 5) is 6.84. The Balaban J connectivity index is 0.00000242. The van der Waals surface area contributed by atoms with E-state index in [9.17, 15) is 0 Å². The van der Waals surface area contributed by atoms with Crippen LogP contribution in [0.3, 0.4) is 0 Å². The quantitative estimate of drug-likeness (QED) is 0.368. The minimum Gasteiger partial charge on any atom is -0.370 e. The number of hydrogen-bond acceptors (Lipinski definition) is 2. The van der Waals surface area contributed by atoms with E-state index in [-0.39, 0.29) is 24.0 Å². The molecular weight excluding hydrogens is 478 g/mol. The van der Waals surface area contributed by atoms with Gasteiger partial charge in [0.05, 0.1) is 6.54 Å². The van der Waals surface area contributed by atoms with E-state index in [2.05, 4.69) is 38.1 Å². The van der Waals surface area contributed by atoms with Gasteiger partial charge in [0.15, 0.2) is 5.96 Å². The fourth-order valence-corrected chi connectivity index (χ4v) is 3.37. The van der Waals surface area contributed by atoms with E-state index < -0.39 is 0 Å². The van der Waals surface area contributed by atoms with Gasteiger partial charge < -0.3 is 11.1 Å². The Morgan fingerprint density at radius 3 is 3.00 bits per heavy atom. The lowest BCUT2D eigenvalue weighted by atomic mass is 10.2. The molecule has 0 saturated carbocycles. The Morgan fingerprint density at radius 2 is 2.32 bits per heavy atom. The number of likely N-dealkylation sites (N-methyl/N-ethyl adjacent to an activating group) is 1. The molecular formula is C15H23BrClIN4. The van der Waals surface area contributed by atoms with Crippen molar-refractivity contribution < 1.29 is 0 Å². The zero-order valence-corrected chi connectivity index (χ0v) is 17.4. The van der Waals surface area contributed by atoms with Gasteiger partial charge in [0.1, 0.15) is 0 Å². The van der Waals surface area contributed by atoms with Gasteiger partial charge in [0, 0.05) is 22.1 Å². The Morgan fingerprint density at radius 1 is 1.55 bits per heavy atom. The molecule has 1 aliphatic rings.